The molecule has 4 rings (SSSR count). The fraction of sp³-hybridized carbons (Fsp3) is 0.176. The first kappa shape index (κ1) is 19.4. The molecule has 0 unspecified atom stereocenters. The fourth-order valence-electron chi connectivity index (χ4n) is 2.81. The number of carbonyl (C=O) groups is 1. The van der Waals surface area contributed by atoms with E-state index in [4.69, 9.17) is 5.11 Å². The number of hydrogen-bond donors (Lipinski definition) is 2. The Bertz CT molecular complexity index is 1060. The number of aliphatic carboxylic acids is 1. The van der Waals surface area contributed by atoms with Crippen LogP contribution in [0.4, 0.5) is 5.69 Å². The number of nitrogens with one attached hydrogen (secondary N) is 1. The Morgan fingerprint density at radius 2 is 2.10 bits per heavy atom. The van der Waals surface area contributed by atoms with Crippen LogP contribution in [0.3, 0.4) is 0 Å². The molecule has 1 aliphatic heterocycles. The van der Waals surface area contributed by atoms with Crippen molar-refractivity contribution < 1.29 is 14.8 Å². The minimum Gasteiger partial charge on any atom is -0.480 e. The average Bonchev–Trinajstić information content (AvgIpc) is 3.39. The summed E-state index contributed by atoms with van der Waals surface area (Å²) in [6.07, 6.45) is 0. The minimum atomic E-state index is -0.936. The van der Waals surface area contributed by atoms with Crippen LogP contribution in [0, 0.1) is 10.1 Å². The molecule has 2 heterocycles. The molecular formula is C17H14N6O4S2. The van der Waals surface area contributed by atoms with Gasteiger partial charge in [-0.25, -0.2) is 0 Å². The van der Waals surface area contributed by atoms with E-state index in [9.17, 15) is 14.9 Å². The number of carboxylic acid groups (broad SMARTS) is 1. The van der Waals surface area contributed by atoms with Gasteiger partial charge in [-0.1, -0.05) is 24.3 Å². The molecule has 1 aliphatic rings. The summed E-state index contributed by atoms with van der Waals surface area (Å²) >= 11 is 2.50. The zero-order valence-corrected chi connectivity index (χ0v) is 16.3. The lowest BCUT2D eigenvalue weighted by Gasteiger charge is -2.12. The van der Waals surface area contributed by atoms with E-state index < -0.39 is 16.9 Å². The van der Waals surface area contributed by atoms with Crippen molar-refractivity contribution in [2.24, 2.45) is 0 Å². The third kappa shape index (κ3) is 4.09. The zero-order valence-electron chi connectivity index (χ0n) is 14.7. The van der Waals surface area contributed by atoms with Crippen LogP contribution in [-0.2, 0) is 4.79 Å². The van der Waals surface area contributed by atoms with Crippen LogP contribution in [0.15, 0.2) is 58.6 Å². The summed E-state index contributed by atoms with van der Waals surface area (Å²) in [5, 5.41) is 35.4. The van der Waals surface area contributed by atoms with E-state index >= 15 is 0 Å². The van der Waals surface area contributed by atoms with Gasteiger partial charge in [0, 0.05) is 11.8 Å². The van der Waals surface area contributed by atoms with Crippen molar-refractivity contribution >= 4 is 35.2 Å². The molecule has 3 aromatic rings. The summed E-state index contributed by atoms with van der Waals surface area (Å²) in [6, 6.07) is 13.4. The van der Waals surface area contributed by atoms with Crippen molar-refractivity contribution in [2.75, 3.05) is 5.75 Å². The number of rotatable bonds is 6. The van der Waals surface area contributed by atoms with Gasteiger partial charge < -0.3 is 5.11 Å². The van der Waals surface area contributed by atoms with Crippen LogP contribution in [-0.4, -0.2) is 48.0 Å². The maximum atomic E-state index is 11.7. The van der Waals surface area contributed by atoms with E-state index in [-0.39, 0.29) is 11.1 Å². The van der Waals surface area contributed by atoms with Gasteiger partial charge in [0.1, 0.15) is 6.04 Å². The molecule has 2 N–H and O–H groups in total. The summed E-state index contributed by atoms with van der Waals surface area (Å²) < 4.78 is 1.51. The molecule has 1 aromatic heterocycles. The van der Waals surface area contributed by atoms with Crippen molar-refractivity contribution in [3.8, 4) is 5.69 Å². The van der Waals surface area contributed by atoms with E-state index in [0.717, 1.165) is 17.4 Å². The number of nitrogens with zero attached hydrogens (tertiary/aromatic N) is 5. The molecule has 0 saturated carbocycles. The molecule has 10 nitrogen and oxygen atoms in total. The molecule has 29 heavy (non-hydrogen) atoms. The summed E-state index contributed by atoms with van der Waals surface area (Å²) in [7, 11) is 0. The summed E-state index contributed by atoms with van der Waals surface area (Å²) in [5.41, 5.74) is 1.30. The number of carboxylic acids is 1. The van der Waals surface area contributed by atoms with E-state index in [1.54, 1.807) is 12.1 Å². The lowest BCUT2D eigenvalue weighted by Crippen LogP contribution is -2.33. The highest BCUT2D eigenvalue weighted by Gasteiger charge is 2.31. The summed E-state index contributed by atoms with van der Waals surface area (Å²) in [4.78, 5) is 22.7. The van der Waals surface area contributed by atoms with Crippen molar-refractivity contribution in [3.05, 3.63) is 64.2 Å². The molecule has 0 radical (unpaired) electrons. The van der Waals surface area contributed by atoms with E-state index in [2.05, 4.69) is 20.8 Å². The topological polar surface area (TPSA) is 136 Å². The smallest absolute Gasteiger partial charge is 0.321 e. The number of thioether (sulfide) groups is 1. The van der Waals surface area contributed by atoms with Gasteiger partial charge in [0.05, 0.1) is 20.9 Å². The number of aromatic nitrogens is 4. The maximum Gasteiger partial charge on any atom is 0.321 e. The first-order chi connectivity index (χ1) is 14.0. The maximum absolute atomic E-state index is 11.7. The number of hydrogen-bond acceptors (Lipinski definition) is 9. The molecule has 0 amide bonds. The van der Waals surface area contributed by atoms with Crippen molar-refractivity contribution in [1.82, 2.24) is 25.5 Å². The highest BCUT2D eigenvalue weighted by atomic mass is 32.2. The first-order valence-electron chi connectivity index (χ1n) is 8.43. The Morgan fingerprint density at radius 1 is 1.31 bits per heavy atom. The van der Waals surface area contributed by atoms with Crippen molar-refractivity contribution in [1.29, 1.82) is 0 Å². The van der Waals surface area contributed by atoms with Gasteiger partial charge in [0.25, 0.3) is 5.69 Å². The van der Waals surface area contributed by atoms with Gasteiger partial charge in [-0.05, 0) is 46.0 Å². The SMILES string of the molecule is O=C(O)[C@@H]1CS[C@H](c2ccc(Sc3nnnn3-c3ccccc3)c([N+](=O)[O-])c2)N1. The normalized spacial score (nSPS) is 18.6. The number of benzene rings is 2. The van der Waals surface area contributed by atoms with Crippen LogP contribution in [0.2, 0.25) is 0 Å². The molecule has 0 spiro atoms. The molecule has 148 valence electrons. The van der Waals surface area contributed by atoms with E-state index in [1.165, 1.54) is 22.5 Å². The first-order valence-corrected chi connectivity index (χ1v) is 10.3. The molecule has 1 fully saturated rings. The molecule has 1 saturated heterocycles. The second kappa shape index (κ2) is 8.19. The van der Waals surface area contributed by atoms with Crippen LogP contribution < -0.4 is 5.32 Å². The molecule has 2 atom stereocenters. The molecule has 0 bridgehead atoms. The van der Waals surface area contributed by atoms with Crippen molar-refractivity contribution in [3.63, 3.8) is 0 Å². The highest BCUT2D eigenvalue weighted by Crippen LogP contribution is 2.39. The average molecular weight is 430 g/mol. The largest absolute Gasteiger partial charge is 0.480 e. The van der Waals surface area contributed by atoms with Gasteiger partial charge in [-0.15, -0.1) is 16.9 Å². The monoisotopic (exact) mass is 430 g/mol. The Morgan fingerprint density at radius 3 is 2.79 bits per heavy atom. The summed E-state index contributed by atoms with van der Waals surface area (Å²) in [5.74, 6) is -0.537. The Kier molecular flexibility index (Phi) is 5.47. The Hall–Kier alpha value is -2.96. The van der Waals surface area contributed by atoms with Crippen LogP contribution in [0.1, 0.15) is 10.9 Å². The predicted molar refractivity (Wildman–Crippen MR) is 106 cm³/mol. The van der Waals surface area contributed by atoms with Crippen LogP contribution in [0.25, 0.3) is 5.69 Å². The lowest BCUT2D eigenvalue weighted by molar-refractivity contribution is -0.387. The number of tetrazole rings is 1. The second-order valence-corrected chi connectivity index (χ2v) is 8.21. The van der Waals surface area contributed by atoms with E-state index in [1.807, 2.05) is 30.3 Å². The second-order valence-electron chi connectivity index (χ2n) is 6.07. The quantitative estimate of drug-likeness (QED) is 0.443. The van der Waals surface area contributed by atoms with Gasteiger partial charge in [0.15, 0.2) is 0 Å². The van der Waals surface area contributed by atoms with Gasteiger partial charge in [-0.2, -0.15) is 4.68 Å². The molecular weight excluding hydrogens is 416 g/mol. The fourth-order valence-corrected chi connectivity index (χ4v) is 4.90. The standard InChI is InChI=1S/C17H14N6O4S2/c24-16(25)12-9-28-15(18-12)10-6-7-14(13(8-10)23(26)27)29-17-19-20-21-22(17)11-4-2-1-3-5-11/h1-8,12,15,18H,9H2,(H,24,25)/t12-,15+/m0/s1. The van der Waals surface area contributed by atoms with Gasteiger partial charge in [0.2, 0.25) is 5.16 Å². The number of nitro groups is 1. The molecule has 2 aromatic carbocycles. The lowest BCUT2D eigenvalue weighted by atomic mass is 10.2. The van der Waals surface area contributed by atoms with E-state index in [0.29, 0.717) is 21.4 Å². The van der Waals surface area contributed by atoms with Crippen LogP contribution in [0.5, 0.6) is 0 Å². The van der Waals surface area contributed by atoms with Crippen molar-refractivity contribution in [2.45, 2.75) is 21.5 Å². The Balaban J connectivity index is 1.62. The van der Waals surface area contributed by atoms with Gasteiger partial charge in [-0.3, -0.25) is 20.2 Å². The van der Waals surface area contributed by atoms with Crippen LogP contribution >= 0.6 is 23.5 Å². The third-order valence-corrected chi connectivity index (χ3v) is 6.48. The van der Waals surface area contributed by atoms with Gasteiger partial charge >= 0.3 is 5.97 Å². The number of para-hydroxylation sites is 1. The predicted octanol–water partition coefficient (Wildman–Crippen LogP) is 2.51. The Labute approximate surface area is 172 Å². The molecule has 12 heteroatoms. The zero-order chi connectivity index (χ0) is 20.4. The number of nitro benzene ring substituents is 1. The highest BCUT2D eigenvalue weighted by molar-refractivity contribution is 7.99. The summed E-state index contributed by atoms with van der Waals surface area (Å²) in [6.45, 7) is 0. The molecule has 0 aliphatic carbocycles. The third-order valence-electron chi connectivity index (χ3n) is 4.21. The minimum absolute atomic E-state index is 0.0868.